The molecule has 0 amide bonds. The van der Waals surface area contributed by atoms with E-state index >= 15 is 0 Å². The summed E-state index contributed by atoms with van der Waals surface area (Å²) in [5.41, 5.74) is 0.904. The number of rotatable bonds is 4. The van der Waals surface area contributed by atoms with Crippen LogP contribution in [0.5, 0.6) is 0 Å². The van der Waals surface area contributed by atoms with E-state index in [2.05, 4.69) is 15.6 Å². The summed E-state index contributed by atoms with van der Waals surface area (Å²) in [7, 11) is -1.56. The monoisotopic (exact) mass is 315 g/mol. The molecule has 0 saturated heterocycles. The van der Waals surface area contributed by atoms with Crippen LogP contribution in [0.15, 0.2) is 28.1 Å². The smallest absolute Gasteiger partial charge is 0.191 e. The third kappa shape index (κ3) is 4.11. The molecule has 1 aromatic carbocycles. The van der Waals surface area contributed by atoms with Gasteiger partial charge in [0, 0.05) is 25.9 Å². The fourth-order valence-corrected chi connectivity index (χ4v) is 3.11. The van der Waals surface area contributed by atoms with Crippen LogP contribution in [0.25, 0.3) is 0 Å². The second-order valence-electron chi connectivity index (χ2n) is 4.88. The number of nitrogens with one attached hydrogen (secondary N) is 2. The average Bonchev–Trinajstić information content (AvgIpc) is 3.16. The summed E-state index contributed by atoms with van der Waals surface area (Å²) in [6.45, 7) is 0.538. The molecule has 0 unspecified atom stereocenters. The minimum Gasteiger partial charge on any atom is -0.354 e. The fraction of sp³-hybridized carbons (Fsp3) is 0.462. The molecule has 20 heavy (non-hydrogen) atoms. The summed E-state index contributed by atoms with van der Waals surface area (Å²) in [5.74, 6) is 0.746. The zero-order valence-corrected chi connectivity index (χ0v) is 13.1. The van der Waals surface area contributed by atoms with Gasteiger partial charge in [0.05, 0.1) is 9.92 Å². The van der Waals surface area contributed by atoms with Crippen LogP contribution in [0.4, 0.5) is 0 Å². The lowest BCUT2D eigenvalue weighted by Gasteiger charge is -2.12. The van der Waals surface area contributed by atoms with Crippen molar-refractivity contribution < 1.29 is 8.42 Å². The highest BCUT2D eigenvalue weighted by atomic mass is 35.5. The van der Waals surface area contributed by atoms with Crippen LogP contribution in [0.1, 0.15) is 18.4 Å². The summed E-state index contributed by atoms with van der Waals surface area (Å²) in [5, 5.41) is 6.69. The molecular formula is C13H18ClN3O2S. The molecule has 0 radical (unpaired) electrons. The molecule has 2 rings (SSSR count). The second kappa shape index (κ2) is 6.01. The Morgan fingerprint density at radius 3 is 2.65 bits per heavy atom. The first-order valence-electron chi connectivity index (χ1n) is 6.36. The number of sulfone groups is 1. The van der Waals surface area contributed by atoms with Crippen LogP contribution in [0.2, 0.25) is 5.02 Å². The largest absolute Gasteiger partial charge is 0.354 e. The lowest BCUT2D eigenvalue weighted by Crippen LogP contribution is -2.38. The molecule has 0 aromatic heterocycles. The van der Waals surface area contributed by atoms with Gasteiger partial charge in [-0.05, 0) is 30.5 Å². The molecule has 1 aromatic rings. The third-order valence-electron chi connectivity index (χ3n) is 3.00. The Morgan fingerprint density at radius 1 is 1.45 bits per heavy atom. The van der Waals surface area contributed by atoms with Crippen LogP contribution in [0.3, 0.4) is 0 Å². The fourth-order valence-electron chi connectivity index (χ4n) is 1.76. The molecule has 0 heterocycles. The molecule has 0 aliphatic heterocycles. The predicted molar refractivity (Wildman–Crippen MR) is 80.9 cm³/mol. The number of hydrogen-bond donors (Lipinski definition) is 2. The maximum atomic E-state index is 11.5. The Labute approximate surface area is 124 Å². The number of halogens is 1. The van der Waals surface area contributed by atoms with E-state index in [9.17, 15) is 8.42 Å². The molecule has 0 bridgehead atoms. The molecule has 5 nitrogen and oxygen atoms in total. The van der Waals surface area contributed by atoms with Gasteiger partial charge < -0.3 is 10.6 Å². The first kappa shape index (κ1) is 15.1. The number of guanidine groups is 1. The molecule has 1 aliphatic rings. The zero-order valence-electron chi connectivity index (χ0n) is 11.5. The molecule has 1 aliphatic carbocycles. The van der Waals surface area contributed by atoms with E-state index in [4.69, 9.17) is 11.6 Å². The Balaban J connectivity index is 2.01. The Bertz CT molecular complexity index is 625. The minimum absolute atomic E-state index is 0.156. The molecule has 7 heteroatoms. The van der Waals surface area contributed by atoms with Crippen LogP contribution in [-0.2, 0) is 16.4 Å². The van der Waals surface area contributed by atoms with Gasteiger partial charge in [0.1, 0.15) is 0 Å². The van der Waals surface area contributed by atoms with Crippen LogP contribution in [-0.4, -0.2) is 33.7 Å². The van der Waals surface area contributed by atoms with E-state index in [-0.39, 0.29) is 9.92 Å². The Kier molecular flexibility index (Phi) is 4.55. The SMILES string of the molecule is CN=C(NCc1ccc(S(C)(=O)=O)c(Cl)c1)NC1CC1. The summed E-state index contributed by atoms with van der Waals surface area (Å²) in [4.78, 5) is 4.28. The van der Waals surface area contributed by atoms with Crippen molar-refractivity contribution in [2.75, 3.05) is 13.3 Å². The zero-order chi connectivity index (χ0) is 14.8. The normalized spacial score (nSPS) is 16.1. The van der Waals surface area contributed by atoms with Crippen molar-refractivity contribution in [3.8, 4) is 0 Å². The van der Waals surface area contributed by atoms with Crippen molar-refractivity contribution in [2.24, 2.45) is 4.99 Å². The molecule has 110 valence electrons. The van der Waals surface area contributed by atoms with Gasteiger partial charge in [0.15, 0.2) is 15.8 Å². The van der Waals surface area contributed by atoms with Crippen molar-refractivity contribution in [1.82, 2.24) is 10.6 Å². The van der Waals surface area contributed by atoms with Crippen molar-refractivity contribution in [1.29, 1.82) is 0 Å². The third-order valence-corrected chi connectivity index (χ3v) is 4.58. The van der Waals surface area contributed by atoms with Gasteiger partial charge in [0.2, 0.25) is 0 Å². The average molecular weight is 316 g/mol. The van der Waals surface area contributed by atoms with Crippen LogP contribution >= 0.6 is 11.6 Å². The highest BCUT2D eigenvalue weighted by Gasteiger charge is 2.22. The van der Waals surface area contributed by atoms with E-state index in [1.54, 1.807) is 19.2 Å². The molecule has 0 atom stereocenters. The van der Waals surface area contributed by atoms with Gasteiger partial charge in [-0.1, -0.05) is 17.7 Å². The van der Waals surface area contributed by atoms with E-state index in [1.807, 2.05) is 0 Å². The van der Waals surface area contributed by atoms with Gasteiger partial charge in [-0.2, -0.15) is 0 Å². The quantitative estimate of drug-likeness (QED) is 0.653. The Hall–Kier alpha value is -1.27. The van der Waals surface area contributed by atoms with Gasteiger partial charge >= 0.3 is 0 Å². The second-order valence-corrected chi connectivity index (χ2v) is 7.27. The van der Waals surface area contributed by atoms with E-state index in [0.29, 0.717) is 12.6 Å². The van der Waals surface area contributed by atoms with E-state index in [1.165, 1.54) is 18.9 Å². The topological polar surface area (TPSA) is 70.6 Å². The van der Waals surface area contributed by atoms with Gasteiger partial charge in [-0.25, -0.2) is 8.42 Å². The number of nitrogens with zero attached hydrogens (tertiary/aromatic N) is 1. The van der Waals surface area contributed by atoms with Crippen molar-refractivity contribution in [2.45, 2.75) is 30.3 Å². The highest BCUT2D eigenvalue weighted by Crippen LogP contribution is 2.22. The minimum atomic E-state index is -3.28. The lowest BCUT2D eigenvalue weighted by molar-refractivity contribution is 0.602. The summed E-state index contributed by atoms with van der Waals surface area (Å²) in [6, 6.07) is 5.47. The van der Waals surface area contributed by atoms with Gasteiger partial charge in [-0.3, -0.25) is 4.99 Å². The van der Waals surface area contributed by atoms with Crippen LogP contribution < -0.4 is 10.6 Å². The standard InChI is InChI=1S/C13H18ClN3O2S/c1-15-13(17-10-4-5-10)16-8-9-3-6-12(11(14)7-9)20(2,18)19/h3,6-7,10H,4-5,8H2,1-2H3,(H2,15,16,17). The summed E-state index contributed by atoms with van der Waals surface area (Å²) >= 11 is 6.00. The Morgan fingerprint density at radius 2 is 2.15 bits per heavy atom. The van der Waals surface area contributed by atoms with Crippen LogP contribution in [0, 0.1) is 0 Å². The number of benzene rings is 1. The van der Waals surface area contributed by atoms with Gasteiger partial charge in [-0.15, -0.1) is 0 Å². The van der Waals surface area contributed by atoms with Crippen molar-refractivity contribution in [3.05, 3.63) is 28.8 Å². The summed E-state index contributed by atoms with van der Waals surface area (Å²) in [6.07, 6.45) is 3.50. The first-order valence-corrected chi connectivity index (χ1v) is 8.63. The molecule has 1 fully saturated rings. The lowest BCUT2D eigenvalue weighted by atomic mass is 10.2. The number of aliphatic imine (C=N–C) groups is 1. The molecular weight excluding hydrogens is 298 g/mol. The van der Waals surface area contributed by atoms with E-state index in [0.717, 1.165) is 17.8 Å². The maximum absolute atomic E-state index is 11.5. The van der Waals surface area contributed by atoms with Crippen molar-refractivity contribution in [3.63, 3.8) is 0 Å². The molecule has 1 saturated carbocycles. The molecule has 0 spiro atoms. The van der Waals surface area contributed by atoms with Crippen molar-refractivity contribution >= 4 is 27.4 Å². The van der Waals surface area contributed by atoms with E-state index < -0.39 is 9.84 Å². The van der Waals surface area contributed by atoms with Gasteiger partial charge in [0.25, 0.3) is 0 Å². The highest BCUT2D eigenvalue weighted by molar-refractivity contribution is 7.90. The predicted octanol–water partition coefficient (Wildman–Crippen LogP) is 1.57. The first-order chi connectivity index (χ1) is 9.40. The number of hydrogen-bond acceptors (Lipinski definition) is 3. The maximum Gasteiger partial charge on any atom is 0.191 e. The summed E-state index contributed by atoms with van der Waals surface area (Å²) < 4.78 is 23.0. The molecule has 2 N–H and O–H groups in total.